The van der Waals surface area contributed by atoms with Gasteiger partial charge in [0.25, 0.3) is 5.91 Å². The SMILES string of the molecule is C#CCC(C)Oc1cc(N)c(Cl)cc1C(=O)N[N+]12CCCC(CC1)C2C. The van der Waals surface area contributed by atoms with E-state index >= 15 is 0 Å². The van der Waals surface area contributed by atoms with Crippen LogP contribution in [0.25, 0.3) is 0 Å². The molecule has 0 radical (unpaired) electrons. The molecule has 0 spiro atoms. The van der Waals surface area contributed by atoms with Crippen molar-refractivity contribution >= 4 is 23.2 Å². The van der Waals surface area contributed by atoms with E-state index < -0.39 is 0 Å². The van der Waals surface area contributed by atoms with Gasteiger partial charge in [-0.15, -0.1) is 12.3 Å². The molecule has 1 amide bonds. The van der Waals surface area contributed by atoms with E-state index in [4.69, 9.17) is 28.5 Å². The molecule has 4 unspecified atom stereocenters. The molecule has 2 aliphatic heterocycles. The van der Waals surface area contributed by atoms with Gasteiger partial charge in [0, 0.05) is 24.8 Å². The van der Waals surface area contributed by atoms with E-state index in [9.17, 15) is 4.79 Å². The number of ether oxygens (including phenoxy) is 1. The summed E-state index contributed by atoms with van der Waals surface area (Å²) in [6.45, 7) is 6.05. The number of carbonyl (C=O) groups is 1. The van der Waals surface area contributed by atoms with Crippen molar-refractivity contribution < 1.29 is 14.1 Å². The van der Waals surface area contributed by atoms with Crippen LogP contribution in [0.2, 0.25) is 5.02 Å². The highest BCUT2D eigenvalue weighted by Gasteiger charge is 2.50. The van der Waals surface area contributed by atoms with Gasteiger partial charge in [-0.2, -0.15) is 5.43 Å². The number of nitrogens with zero attached hydrogens (tertiary/aromatic N) is 1. The lowest BCUT2D eigenvalue weighted by molar-refractivity contribution is -0.975. The molecule has 2 bridgehead atoms. The van der Waals surface area contributed by atoms with Crippen LogP contribution < -0.4 is 15.9 Å². The maximum Gasteiger partial charge on any atom is 0.299 e. The highest BCUT2D eigenvalue weighted by atomic mass is 35.5. The molecule has 0 saturated carbocycles. The average Bonchev–Trinajstić information content (AvgIpc) is 2.76. The molecule has 140 valence electrons. The zero-order valence-electron chi connectivity index (χ0n) is 15.4. The van der Waals surface area contributed by atoms with Crippen molar-refractivity contribution in [3.8, 4) is 18.1 Å². The number of anilines is 1. The molecule has 0 aliphatic carbocycles. The number of amides is 1. The second-order valence-corrected chi connectivity index (χ2v) is 7.97. The summed E-state index contributed by atoms with van der Waals surface area (Å²) in [5.74, 6) is 3.50. The Balaban J connectivity index is 1.86. The largest absolute Gasteiger partial charge is 0.489 e. The Bertz CT molecular complexity index is 741. The molecular formula is C20H27ClN3O2+. The third kappa shape index (κ3) is 3.49. The maximum absolute atomic E-state index is 13.1. The van der Waals surface area contributed by atoms with E-state index in [-0.39, 0.29) is 12.0 Å². The first-order valence-electron chi connectivity index (χ1n) is 9.25. The van der Waals surface area contributed by atoms with Crippen LogP contribution in [0.3, 0.4) is 0 Å². The minimum Gasteiger partial charge on any atom is -0.489 e. The van der Waals surface area contributed by atoms with Crippen LogP contribution in [0.1, 0.15) is 49.9 Å². The molecule has 0 aromatic heterocycles. The number of halogens is 1. The van der Waals surface area contributed by atoms with E-state index in [1.54, 1.807) is 12.1 Å². The van der Waals surface area contributed by atoms with Crippen LogP contribution in [0.4, 0.5) is 5.69 Å². The smallest absolute Gasteiger partial charge is 0.299 e. The second-order valence-electron chi connectivity index (χ2n) is 7.56. The highest BCUT2D eigenvalue weighted by Crippen LogP contribution is 2.38. The van der Waals surface area contributed by atoms with E-state index in [0.717, 1.165) is 25.9 Å². The summed E-state index contributed by atoms with van der Waals surface area (Å²) in [6.07, 6.45) is 9.14. The predicted molar refractivity (Wildman–Crippen MR) is 104 cm³/mol. The van der Waals surface area contributed by atoms with Crippen molar-refractivity contribution in [2.24, 2.45) is 5.92 Å². The van der Waals surface area contributed by atoms with E-state index in [1.165, 1.54) is 6.42 Å². The summed E-state index contributed by atoms with van der Waals surface area (Å²) in [7, 11) is 0. The fourth-order valence-corrected chi connectivity index (χ4v) is 4.49. The summed E-state index contributed by atoms with van der Waals surface area (Å²) in [5, 5.41) is 0.345. The Labute approximate surface area is 160 Å². The fourth-order valence-electron chi connectivity index (χ4n) is 4.33. The van der Waals surface area contributed by atoms with Gasteiger partial charge in [0.15, 0.2) is 0 Å². The molecule has 26 heavy (non-hydrogen) atoms. The van der Waals surface area contributed by atoms with Gasteiger partial charge in [0.1, 0.15) is 31.0 Å². The molecule has 5 nitrogen and oxygen atoms in total. The lowest BCUT2D eigenvalue weighted by atomic mass is 9.93. The van der Waals surface area contributed by atoms with Crippen LogP contribution in [-0.4, -0.2) is 35.7 Å². The first kappa shape index (κ1) is 18.9. The first-order valence-corrected chi connectivity index (χ1v) is 9.62. The minimum absolute atomic E-state index is 0.177. The predicted octanol–water partition coefficient (Wildman–Crippen LogP) is 3.38. The third-order valence-electron chi connectivity index (χ3n) is 5.89. The summed E-state index contributed by atoms with van der Waals surface area (Å²) < 4.78 is 6.53. The normalized spacial score (nSPS) is 28.2. The van der Waals surface area contributed by atoms with Crippen molar-refractivity contribution in [3.63, 3.8) is 0 Å². The summed E-state index contributed by atoms with van der Waals surface area (Å²) in [6, 6.07) is 3.63. The lowest BCUT2D eigenvalue weighted by Gasteiger charge is -2.41. The molecule has 3 rings (SSSR count). The van der Waals surface area contributed by atoms with Crippen LogP contribution in [0, 0.1) is 18.3 Å². The molecule has 2 fully saturated rings. The quantitative estimate of drug-likeness (QED) is 0.470. The Morgan fingerprint density at radius 3 is 3.00 bits per heavy atom. The molecule has 3 N–H and O–H groups in total. The number of nitrogens with one attached hydrogen (secondary N) is 1. The molecular weight excluding hydrogens is 350 g/mol. The Hall–Kier alpha value is -1.90. The Morgan fingerprint density at radius 1 is 1.50 bits per heavy atom. The standard InChI is InChI=1S/C20H26ClN3O2/c1-4-6-13(2)26-19-12-18(22)17(21)11-16(19)20(25)23-24-9-5-7-15(8-10-24)14(24)3/h1,11-15H,5-10H2,2-3H3,(H2-,22,23,25)/p+1. The lowest BCUT2D eigenvalue weighted by Crippen LogP contribution is -2.64. The van der Waals surface area contributed by atoms with Gasteiger partial charge in [0.05, 0.1) is 16.3 Å². The van der Waals surface area contributed by atoms with Crippen molar-refractivity contribution in [2.45, 2.75) is 51.7 Å². The number of piperidine rings is 1. The monoisotopic (exact) mass is 376 g/mol. The highest BCUT2D eigenvalue weighted by molar-refractivity contribution is 6.33. The number of nitrogens with two attached hydrogens (primary N) is 1. The number of fused-ring (bicyclic) bond motifs is 2. The second kappa shape index (κ2) is 7.38. The van der Waals surface area contributed by atoms with Crippen molar-refractivity contribution in [1.82, 2.24) is 5.43 Å². The maximum atomic E-state index is 13.1. The number of terminal acetylenes is 1. The van der Waals surface area contributed by atoms with E-state index in [0.29, 0.717) is 45.0 Å². The molecule has 2 saturated heterocycles. The molecule has 1 aromatic carbocycles. The van der Waals surface area contributed by atoms with Crippen LogP contribution >= 0.6 is 11.6 Å². The zero-order chi connectivity index (χ0) is 18.9. The fraction of sp³-hybridized carbons (Fsp3) is 0.550. The van der Waals surface area contributed by atoms with Gasteiger partial charge in [-0.25, -0.2) is 4.59 Å². The van der Waals surface area contributed by atoms with Gasteiger partial charge in [-0.05, 0) is 32.8 Å². The van der Waals surface area contributed by atoms with Gasteiger partial charge in [-0.3, -0.25) is 4.79 Å². The number of rotatable bonds is 5. The number of carbonyl (C=O) groups excluding carboxylic acids is 1. The third-order valence-corrected chi connectivity index (χ3v) is 6.22. The number of nitrogen functional groups attached to an aromatic ring is 1. The number of benzene rings is 1. The average molecular weight is 377 g/mol. The van der Waals surface area contributed by atoms with Gasteiger partial charge < -0.3 is 10.5 Å². The molecule has 2 aliphatic rings. The first-order chi connectivity index (χ1) is 12.4. The summed E-state index contributed by atoms with van der Waals surface area (Å²) in [4.78, 5) is 13.1. The van der Waals surface area contributed by atoms with Gasteiger partial charge in [-0.1, -0.05) is 11.6 Å². The van der Waals surface area contributed by atoms with Crippen molar-refractivity contribution in [2.75, 3.05) is 18.8 Å². The molecule has 1 aromatic rings. The minimum atomic E-state index is -0.218. The number of hydrogen-bond donors (Lipinski definition) is 2. The Morgan fingerprint density at radius 2 is 2.27 bits per heavy atom. The van der Waals surface area contributed by atoms with E-state index in [2.05, 4.69) is 18.3 Å². The zero-order valence-corrected chi connectivity index (χ0v) is 16.2. The Kier molecular flexibility index (Phi) is 5.36. The number of quaternary nitrogens is 1. The number of hydrogen-bond acceptors (Lipinski definition) is 3. The van der Waals surface area contributed by atoms with Crippen LogP contribution in [0.5, 0.6) is 5.75 Å². The van der Waals surface area contributed by atoms with E-state index in [1.807, 2.05) is 6.92 Å². The molecule has 4 atom stereocenters. The van der Waals surface area contributed by atoms with Crippen molar-refractivity contribution in [3.05, 3.63) is 22.7 Å². The topological polar surface area (TPSA) is 64.3 Å². The molecule has 6 heteroatoms. The van der Waals surface area contributed by atoms with Crippen LogP contribution in [-0.2, 0) is 0 Å². The van der Waals surface area contributed by atoms with Crippen molar-refractivity contribution in [1.29, 1.82) is 0 Å². The summed E-state index contributed by atoms with van der Waals surface area (Å²) in [5.41, 5.74) is 9.96. The van der Waals surface area contributed by atoms with Crippen LogP contribution in [0.15, 0.2) is 12.1 Å². The van der Waals surface area contributed by atoms with Gasteiger partial charge in [0.2, 0.25) is 0 Å². The van der Waals surface area contributed by atoms with Gasteiger partial charge >= 0.3 is 0 Å². The molecule has 2 heterocycles. The summed E-state index contributed by atoms with van der Waals surface area (Å²) >= 11 is 6.18.